The Hall–Kier alpha value is -3.98. The van der Waals surface area contributed by atoms with Crippen molar-refractivity contribution in [2.24, 2.45) is 0 Å². The summed E-state index contributed by atoms with van der Waals surface area (Å²) in [6.07, 6.45) is 3.10. The third-order valence-electron chi connectivity index (χ3n) is 5.07. The monoisotopic (exact) mass is 445 g/mol. The number of methoxy groups -OCH3 is 2. The zero-order valence-corrected chi connectivity index (χ0v) is 18.2. The van der Waals surface area contributed by atoms with Crippen molar-refractivity contribution in [2.45, 2.75) is 6.54 Å². The second-order valence-corrected chi connectivity index (χ2v) is 7.88. The van der Waals surface area contributed by atoms with E-state index in [1.165, 1.54) is 11.3 Å². The van der Waals surface area contributed by atoms with E-state index in [4.69, 9.17) is 14.5 Å². The van der Waals surface area contributed by atoms with Gasteiger partial charge in [-0.2, -0.15) is 5.10 Å². The highest BCUT2D eigenvalue weighted by molar-refractivity contribution is 7.13. The van der Waals surface area contributed by atoms with Gasteiger partial charge in [0, 0.05) is 10.9 Å². The smallest absolute Gasteiger partial charge is 0.264 e. The average Bonchev–Trinajstić information content (AvgIpc) is 3.49. The average molecular weight is 446 g/mol. The molecule has 5 aromatic rings. The minimum atomic E-state index is -0.155. The molecule has 0 unspecified atom stereocenters. The normalized spacial score (nSPS) is 11.1. The summed E-state index contributed by atoms with van der Waals surface area (Å²) in [4.78, 5) is 22.2. The fraction of sp³-hybridized carbons (Fsp3) is 0.130. The molecule has 5 rings (SSSR count). The van der Waals surface area contributed by atoms with E-state index in [9.17, 15) is 4.79 Å². The van der Waals surface area contributed by atoms with Crippen molar-refractivity contribution in [3.05, 3.63) is 82.5 Å². The Bertz CT molecular complexity index is 1460. The maximum Gasteiger partial charge on any atom is 0.264 e. The molecule has 0 amide bonds. The standard InChI is InChI=1S/C23H19N5O3S/c1-30-19-9-8-15(10-20(19)31-2)22-26-16(13-32-22)12-27-14-24-21-18(23(27)29)11-25-28(21)17-6-4-3-5-7-17/h3-11,13-14H,12H2,1-2H3. The molecule has 0 aliphatic rings. The second kappa shape index (κ2) is 8.27. The van der Waals surface area contributed by atoms with Gasteiger partial charge in [-0.3, -0.25) is 9.36 Å². The molecule has 8 nitrogen and oxygen atoms in total. The van der Waals surface area contributed by atoms with Crippen molar-refractivity contribution in [1.82, 2.24) is 24.3 Å². The molecule has 0 radical (unpaired) electrons. The first-order valence-electron chi connectivity index (χ1n) is 9.83. The van der Waals surface area contributed by atoms with E-state index in [1.807, 2.05) is 53.9 Å². The fourth-order valence-electron chi connectivity index (χ4n) is 3.48. The van der Waals surface area contributed by atoms with Crippen molar-refractivity contribution in [3.63, 3.8) is 0 Å². The molecule has 0 saturated carbocycles. The first-order chi connectivity index (χ1) is 15.7. The summed E-state index contributed by atoms with van der Waals surface area (Å²) in [5.41, 5.74) is 2.92. The van der Waals surface area contributed by atoms with Crippen LogP contribution < -0.4 is 15.0 Å². The van der Waals surface area contributed by atoms with Gasteiger partial charge in [0.15, 0.2) is 17.1 Å². The van der Waals surface area contributed by atoms with Crippen LogP contribution in [0.2, 0.25) is 0 Å². The maximum absolute atomic E-state index is 13.0. The predicted octanol–water partition coefficient (Wildman–Crippen LogP) is 3.77. The number of aromatic nitrogens is 5. The molecule has 0 spiro atoms. The van der Waals surface area contributed by atoms with Gasteiger partial charge in [0.2, 0.25) is 0 Å². The molecular weight excluding hydrogens is 426 g/mol. The summed E-state index contributed by atoms with van der Waals surface area (Å²) in [6.45, 7) is 0.322. The number of thiazole rings is 1. The number of rotatable bonds is 6. The Balaban J connectivity index is 1.44. The number of hydrogen-bond donors (Lipinski definition) is 0. The zero-order valence-electron chi connectivity index (χ0n) is 17.4. The Morgan fingerprint density at radius 1 is 1.03 bits per heavy atom. The number of ether oxygens (including phenoxy) is 2. The van der Waals surface area contributed by atoms with E-state index >= 15 is 0 Å². The third kappa shape index (κ3) is 3.52. The number of nitrogens with zero attached hydrogens (tertiary/aromatic N) is 5. The largest absolute Gasteiger partial charge is 0.493 e. The first kappa shape index (κ1) is 20.0. The highest BCUT2D eigenvalue weighted by Gasteiger charge is 2.14. The summed E-state index contributed by atoms with van der Waals surface area (Å²) in [6, 6.07) is 15.3. The fourth-order valence-corrected chi connectivity index (χ4v) is 4.28. The molecule has 2 aromatic carbocycles. The minimum Gasteiger partial charge on any atom is -0.493 e. The van der Waals surface area contributed by atoms with Crippen molar-refractivity contribution < 1.29 is 9.47 Å². The van der Waals surface area contributed by atoms with Crippen LogP contribution >= 0.6 is 11.3 Å². The minimum absolute atomic E-state index is 0.155. The van der Waals surface area contributed by atoms with Crippen LogP contribution in [0.4, 0.5) is 0 Å². The molecule has 0 bridgehead atoms. The Morgan fingerprint density at radius 2 is 1.84 bits per heavy atom. The molecule has 0 aliphatic heterocycles. The Morgan fingerprint density at radius 3 is 2.62 bits per heavy atom. The molecular formula is C23H19N5O3S. The van der Waals surface area contributed by atoms with Crippen LogP contribution in [-0.2, 0) is 6.54 Å². The number of benzene rings is 2. The molecule has 0 saturated heterocycles. The molecule has 9 heteroatoms. The summed E-state index contributed by atoms with van der Waals surface area (Å²) >= 11 is 1.51. The lowest BCUT2D eigenvalue weighted by Gasteiger charge is -2.08. The predicted molar refractivity (Wildman–Crippen MR) is 123 cm³/mol. The van der Waals surface area contributed by atoms with Crippen LogP contribution in [-0.4, -0.2) is 38.5 Å². The number of hydrogen-bond acceptors (Lipinski definition) is 7. The van der Waals surface area contributed by atoms with E-state index < -0.39 is 0 Å². The van der Waals surface area contributed by atoms with E-state index in [0.717, 1.165) is 22.0 Å². The summed E-state index contributed by atoms with van der Waals surface area (Å²) < 4.78 is 13.9. The van der Waals surface area contributed by atoms with E-state index in [1.54, 1.807) is 36.0 Å². The van der Waals surface area contributed by atoms with Gasteiger partial charge in [0.1, 0.15) is 16.7 Å². The van der Waals surface area contributed by atoms with Crippen LogP contribution in [0.1, 0.15) is 5.69 Å². The molecule has 0 atom stereocenters. The summed E-state index contributed by atoms with van der Waals surface area (Å²) in [5.74, 6) is 1.30. The number of fused-ring (bicyclic) bond motifs is 1. The molecule has 0 fully saturated rings. The van der Waals surface area contributed by atoms with E-state index in [0.29, 0.717) is 29.1 Å². The lowest BCUT2D eigenvalue weighted by Crippen LogP contribution is -2.21. The van der Waals surface area contributed by atoms with Gasteiger partial charge in [-0.25, -0.2) is 14.6 Å². The molecule has 32 heavy (non-hydrogen) atoms. The van der Waals surface area contributed by atoms with Gasteiger partial charge < -0.3 is 9.47 Å². The van der Waals surface area contributed by atoms with Gasteiger partial charge in [-0.05, 0) is 30.3 Å². The zero-order chi connectivity index (χ0) is 22.1. The SMILES string of the molecule is COc1ccc(-c2nc(Cn3cnc4c(cnn4-c4ccccc4)c3=O)cs2)cc1OC. The van der Waals surface area contributed by atoms with Gasteiger partial charge in [0.05, 0.1) is 38.3 Å². The molecule has 160 valence electrons. The van der Waals surface area contributed by atoms with Gasteiger partial charge >= 0.3 is 0 Å². The second-order valence-electron chi connectivity index (χ2n) is 7.02. The van der Waals surface area contributed by atoms with Crippen LogP contribution in [0, 0.1) is 0 Å². The first-order valence-corrected chi connectivity index (χ1v) is 10.7. The van der Waals surface area contributed by atoms with Crippen LogP contribution in [0.3, 0.4) is 0 Å². The quantitative estimate of drug-likeness (QED) is 0.396. The Kier molecular flexibility index (Phi) is 5.16. The molecule has 0 N–H and O–H groups in total. The summed E-state index contributed by atoms with van der Waals surface area (Å²) in [7, 11) is 3.20. The number of para-hydroxylation sites is 1. The molecule has 3 heterocycles. The van der Waals surface area contributed by atoms with Crippen molar-refractivity contribution in [3.8, 4) is 27.8 Å². The van der Waals surface area contributed by atoms with E-state index in [2.05, 4.69) is 10.1 Å². The Labute approximate surface area is 187 Å². The lowest BCUT2D eigenvalue weighted by atomic mass is 10.2. The van der Waals surface area contributed by atoms with Crippen LogP contribution in [0.25, 0.3) is 27.3 Å². The van der Waals surface area contributed by atoms with Crippen molar-refractivity contribution in [2.75, 3.05) is 14.2 Å². The highest BCUT2D eigenvalue weighted by atomic mass is 32.1. The third-order valence-corrected chi connectivity index (χ3v) is 6.01. The van der Waals surface area contributed by atoms with Gasteiger partial charge in [0.25, 0.3) is 5.56 Å². The van der Waals surface area contributed by atoms with Crippen molar-refractivity contribution >= 4 is 22.4 Å². The highest BCUT2D eigenvalue weighted by Crippen LogP contribution is 2.33. The topological polar surface area (TPSA) is 84.1 Å². The molecule has 0 aliphatic carbocycles. The summed E-state index contributed by atoms with van der Waals surface area (Å²) in [5, 5.41) is 7.59. The van der Waals surface area contributed by atoms with Gasteiger partial charge in [-0.15, -0.1) is 11.3 Å². The van der Waals surface area contributed by atoms with Gasteiger partial charge in [-0.1, -0.05) is 18.2 Å². The van der Waals surface area contributed by atoms with Crippen molar-refractivity contribution in [1.29, 1.82) is 0 Å². The van der Waals surface area contributed by atoms with Crippen LogP contribution in [0.15, 0.2) is 71.2 Å². The van der Waals surface area contributed by atoms with Crippen LogP contribution in [0.5, 0.6) is 11.5 Å². The van der Waals surface area contributed by atoms with E-state index in [-0.39, 0.29) is 5.56 Å². The molecule has 3 aromatic heterocycles. The lowest BCUT2D eigenvalue weighted by molar-refractivity contribution is 0.355. The maximum atomic E-state index is 13.0.